The summed E-state index contributed by atoms with van der Waals surface area (Å²) in [6, 6.07) is 10.3. The lowest BCUT2D eigenvalue weighted by Crippen LogP contribution is -2.49. The number of fused-ring (bicyclic) bond motifs is 7. The summed E-state index contributed by atoms with van der Waals surface area (Å²) in [6.45, 7) is 17.7. The van der Waals surface area contributed by atoms with Gasteiger partial charge in [0, 0.05) is 17.2 Å². The number of hydrogen-bond acceptors (Lipinski definition) is 5. The minimum Gasteiger partial charge on any atom is -0.544 e. The average molecular weight is 483 g/mol. The fraction of sp³-hybridized carbons (Fsp3) is 0.462. The molecule has 0 amide bonds. The van der Waals surface area contributed by atoms with Crippen LogP contribution in [-0.4, -0.2) is 28.8 Å². The van der Waals surface area contributed by atoms with E-state index in [0.717, 1.165) is 39.7 Å². The summed E-state index contributed by atoms with van der Waals surface area (Å²) in [4.78, 5) is 0. The lowest BCUT2D eigenvalue weighted by atomic mass is 9.83. The van der Waals surface area contributed by atoms with E-state index in [1.165, 1.54) is 0 Å². The van der Waals surface area contributed by atoms with Crippen LogP contribution in [-0.2, 0) is 10.0 Å². The molecule has 0 aromatic heterocycles. The van der Waals surface area contributed by atoms with Gasteiger partial charge in [0.15, 0.2) is 20.0 Å². The van der Waals surface area contributed by atoms with Crippen LogP contribution in [0.2, 0.25) is 39.3 Å². The van der Waals surface area contributed by atoms with Crippen molar-refractivity contribution >= 4 is 22.7 Å². The number of rotatable bonds is 4. The van der Waals surface area contributed by atoms with Crippen molar-refractivity contribution in [3.8, 4) is 23.0 Å². The molecule has 0 radical (unpaired) electrons. The van der Waals surface area contributed by atoms with Gasteiger partial charge in [-0.15, -0.1) is 0 Å². The first-order valence-electron chi connectivity index (χ1n) is 11.6. The van der Waals surface area contributed by atoms with Crippen LogP contribution >= 0.6 is 0 Å². The summed E-state index contributed by atoms with van der Waals surface area (Å²) in [5.74, 6) is 3.32. The van der Waals surface area contributed by atoms with Crippen molar-refractivity contribution in [2.45, 2.75) is 70.4 Å². The van der Waals surface area contributed by atoms with Crippen LogP contribution in [0, 0.1) is 0 Å². The maximum atomic E-state index is 6.90. The van der Waals surface area contributed by atoms with Gasteiger partial charge in [0.2, 0.25) is 8.32 Å². The van der Waals surface area contributed by atoms with Gasteiger partial charge in [0.05, 0.1) is 5.56 Å². The van der Waals surface area contributed by atoms with Crippen LogP contribution in [0.5, 0.6) is 23.0 Å². The molecule has 3 heterocycles. The minimum atomic E-state index is -1.95. The number of ether oxygens (including phenoxy) is 3. The van der Waals surface area contributed by atoms with Gasteiger partial charge < -0.3 is 23.1 Å². The molecule has 3 aliphatic rings. The van der Waals surface area contributed by atoms with Gasteiger partial charge in [-0.2, -0.15) is 0 Å². The Morgan fingerprint density at radius 2 is 1.70 bits per heavy atom. The number of hydrogen-bond donors (Lipinski definition) is 0. The Labute approximate surface area is 198 Å². The average Bonchev–Trinajstić information content (AvgIpc) is 2.97. The molecule has 5 rings (SSSR count). The van der Waals surface area contributed by atoms with Crippen LogP contribution in [0.1, 0.15) is 36.6 Å². The molecule has 0 N–H and O–H groups in total. The van der Waals surface area contributed by atoms with E-state index in [-0.39, 0.29) is 11.7 Å². The molecule has 0 fully saturated rings. The van der Waals surface area contributed by atoms with Crippen molar-refractivity contribution in [2.24, 2.45) is 0 Å². The molecule has 0 bridgehead atoms. The molecule has 33 heavy (non-hydrogen) atoms. The molecule has 2 atom stereocenters. The molecule has 2 aromatic carbocycles. The van der Waals surface area contributed by atoms with Gasteiger partial charge in [0.1, 0.15) is 35.2 Å². The van der Waals surface area contributed by atoms with Crippen molar-refractivity contribution in [3.05, 3.63) is 53.1 Å². The van der Waals surface area contributed by atoms with Crippen LogP contribution in [0.15, 0.2) is 36.4 Å². The molecular formula is C26H34O5Si2. The van der Waals surface area contributed by atoms with Crippen molar-refractivity contribution in [3.63, 3.8) is 0 Å². The van der Waals surface area contributed by atoms with Gasteiger partial charge in [0.25, 0.3) is 0 Å². The predicted octanol–water partition coefficient (Wildman–Crippen LogP) is 6.66. The maximum absolute atomic E-state index is 6.90. The third kappa shape index (κ3) is 4.00. The van der Waals surface area contributed by atoms with E-state index in [2.05, 4.69) is 77.4 Å². The van der Waals surface area contributed by atoms with Gasteiger partial charge in [-0.3, -0.25) is 0 Å². The second-order valence-electron chi connectivity index (χ2n) is 11.7. The fourth-order valence-electron chi connectivity index (χ4n) is 4.88. The van der Waals surface area contributed by atoms with Crippen LogP contribution < -0.4 is 18.6 Å². The van der Waals surface area contributed by atoms with E-state index < -0.39 is 22.2 Å². The van der Waals surface area contributed by atoms with Crippen molar-refractivity contribution in [1.29, 1.82) is 0 Å². The summed E-state index contributed by atoms with van der Waals surface area (Å²) in [7, 11) is -3.69. The first kappa shape index (κ1) is 22.6. The minimum absolute atomic E-state index is 0.293. The molecule has 0 unspecified atom stereocenters. The molecule has 2 aromatic rings. The van der Waals surface area contributed by atoms with Crippen molar-refractivity contribution in [2.75, 3.05) is 6.61 Å². The molecular weight excluding hydrogens is 448 g/mol. The Hall–Kier alpha value is -2.23. The monoisotopic (exact) mass is 482 g/mol. The summed E-state index contributed by atoms with van der Waals surface area (Å²) < 4.78 is 32.5. The van der Waals surface area contributed by atoms with Gasteiger partial charge in [-0.05, 0) is 89.5 Å². The Bertz CT molecular complexity index is 1140. The zero-order valence-electron chi connectivity index (χ0n) is 20.9. The first-order chi connectivity index (χ1) is 15.3. The van der Waals surface area contributed by atoms with Gasteiger partial charge in [-0.25, -0.2) is 0 Å². The second-order valence-corrected chi connectivity index (χ2v) is 20.6. The largest absolute Gasteiger partial charge is 0.544 e. The van der Waals surface area contributed by atoms with Crippen molar-refractivity contribution in [1.82, 2.24) is 0 Å². The summed E-state index contributed by atoms with van der Waals surface area (Å²) in [5.41, 5.74) is 1.98. The highest BCUT2D eigenvalue weighted by Crippen LogP contribution is 2.58. The maximum Gasteiger partial charge on any atom is 0.242 e. The van der Waals surface area contributed by atoms with Crippen LogP contribution in [0.3, 0.4) is 0 Å². The zero-order valence-corrected chi connectivity index (χ0v) is 22.9. The summed E-state index contributed by atoms with van der Waals surface area (Å²) in [5, 5.41) is 0. The molecule has 0 spiro atoms. The van der Waals surface area contributed by atoms with E-state index in [1.54, 1.807) is 0 Å². The lowest BCUT2D eigenvalue weighted by molar-refractivity contribution is -0.0723. The molecule has 0 aliphatic carbocycles. The van der Waals surface area contributed by atoms with E-state index in [4.69, 9.17) is 23.1 Å². The van der Waals surface area contributed by atoms with E-state index in [9.17, 15) is 0 Å². The van der Waals surface area contributed by atoms with Gasteiger partial charge >= 0.3 is 0 Å². The quantitative estimate of drug-likeness (QED) is 0.456. The third-order valence-corrected chi connectivity index (χ3v) is 7.74. The SMILES string of the molecule is CC1(C)C=Cc2c(ccc3c2OC[C@@]2(O[Si](C)(C)C)c4ccc(O[Si](C)(C)C)cc4O[C@@H]32)O1. The molecule has 0 saturated carbocycles. The highest BCUT2D eigenvalue weighted by atomic mass is 28.4. The molecule has 5 nitrogen and oxygen atoms in total. The van der Waals surface area contributed by atoms with E-state index >= 15 is 0 Å². The highest BCUT2D eigenvalue weighted by molar-refractivity contribution is 6.70. The van der Waals surface area contributed by atoms with Crippen molar-refractivity contribution < 1.29 is 23.1 Å². The third-order valence-electron chi connectivity index (χ3n) is 5.91. The fourth-order valence-corrected chi connectivity index (χ4v) is 7.08. The first-order valence-corrected chi connectivity index (χ1v) is 18.5. The molecule has 7 heteroatoms. The van der Waals surface area contributed by atoms with Gasteiger partial charge in [-0.1, -0.05) is 0 Å². The molecule has 0 saturated heterocycles. The predicted molar refractivity (Wildman–Crippen MR) is 136 cm³/mol. The zero-order chi connectivity index (χ0) is 23.8. The van der Waals surface area contributed by atoms with E-state index in [0.29, 0.717) is 6.61 Å². The van der Waals surface area contributed by atoms with Crippen LogP contribution in [0.4, 0.5) is 0 Å². The Morgan fingerprint density at radius 1 is 0.939 bits per heavy atom. The Balaban J connectivity index is 1.62. The summed E-state index contributed by atoms with van der Waals surface area (Å²) in [6.07, 6.45) is 3.88. The highest BCUT2D eigenvalue weighted by Gasteiger charge is 2.57. The van der Waals surface area contributed by atoms with E-state index in [1.807, 2.05) is 18.2 Å². The normalized spacial score (nSPS) is 24.4. The Morgan fingerprint density at radius 3 is 2.39 bits per heavy atom. The van der Waals surface area contributed by atoms with Crippen LogP contribution in [0.25, 0.3) is 6.08 Å². The Kier molecular flexibility index (Phi) is 4.88. The smallest absolute Gasteiger partial charge is 0.242 e. The summed E-state index contributed by atoms with van der Waals surface area (Å²) >= 11 is 0. The lowest BCUT2D eigenvalue weighted by Gasteiger charge is -2.43. The standard InChI is InChI=1S/C26H34O5Si2/c1-25(2)14-13-18-21(29-25)12-10-19-23(18)27-16-26(31-33(6,7)8)20-11-9-17(30-32(3,4)5)15-22(20)28-24(19)26/h9-15,24H,16H2,1-8H3/t24-,26+/m0/s1. The topological polar surface area (TPSA) is 46.2 Å². The molecule has 3 aliphatic heterocycles. The number of benzene rings is 2. The second kappa shape index (κ2) is 7.14. The molecule has 176 valence electrons.